The van der Waals surface area contributed by atoms with Gasteiger partial charge in [-0.15, -0.1) is 0 Å². The molecule has 1 saturated carbocycles. The van der Waals surface area contributed by atoms with Crippen molar-refractivity contribution in [2.24, 2.45) is 5.92 Å². The van der Waals surface area contributed by atoms with E-state index in [1.54, 1.807) is 24.3 Å². The van der Waals surface area contributed by atoms with Crippen molar-refractivity contribution in [2.75, 3.05) is 6.61 Å². The zero-order valence-corrected chi connectivity index (χ0v) is 19.8. The van der Waals surface area contributed by atoms with Crippen LogP contribution in [0, 0.1) is 23.4 Å². The van der Waals surface area contributed by atoms with Crippen molar-refractivity contribution in [1.82, 2.24) is 0 Å². The molecule has 180 valence electrons. The monoisotopic (exact) mass is 474 g/mol. The van der Waals surface area contributed by atoms with Gasteiger partial charge in [0.1, 0.15) is 11.9 Å². The lowest BCUT2D eigenvalue weighted by atomic mass is 9.78. The highest BCUT2D eigenvalue weighted by Gasteiger charge is 2.27. The second-order valence-corrected chi connectivity index (χ2v) is 9.53. The first-order valence-electron chi connectivity index (χ1n) is 12.3. The van der Waals surface area contributed by atoms with Crippen LogP contribution >= 0.6 is 0 Å². The molecule has 3 aromatic rings. The topological polar surface area (TPSA) is 12.5 Å². The van der Waals surface area contributed by atoms with Crippen molar-refractivity contribution >= 4 is 12.2 Å². The molecule has 0 aromatic heterocycles. The summed E-state index contributed by atoms with van der Waals surface area (Å²) in [7, 11) is 0. The molecule has 1 atom stereocenters. The Kier molecular flexibility index (Phi) is 6.92. The maximum atomic E-state index is 15.1. The lowest BCUT2D eigenvalue weighted by Gasteiger charge is -2.27. The van der Waals surface area contributed by atoms with Gasteiger partial charge < -0.3 is 4.74 Å². The van der Waals surface area contributed by atoms with Crippen LogP contribution in [-0.4, -0.2) is 6.61 Å². The molecule has 0 N–H and O–H groups in total. The van der Waals surface area contributed by atoms with Gasteiger partial charge in [0.2, 0.25) is 0 Å². The molecule has 1 aliphatic heterocycles. The zero-order valence-electron chi connectivity index (χ0n) is 19.8. The highest BCUT2D eigenvalue weighted by Crippen LogP contribution is 2.39. The molecule has 1 aliphatic carbocycles. The predicted molar refractivity (Wildman–Crippen MR) is 135 cm³/mol. The average Bonchev–Trinajstić information content (AvgIpc) is 3.72. The number of hydrogen-bond donors (Lipinski definition) is 0. The molecule has 2 aliphatic rings. The van der Waals surface area contributed by atoms with Gasteiger partial charge in [-0.1, -0.05) is 72.8 Å². The second-order valence-electron chi connectivity index (χ2n) is 9.53. The average molecular weight is 475 g/mol. The largest absolute Gasteiger partial charge is 0.368 e. The molecule has 0 amide bonds. The Morgan fingerprint density at radius 2 is 1.57 bits per heavy atom. The van der Waals surface area contributed by atoms with E-state index < -0.39 is 11.6 Å². The first-order valence-corrected chi connectivity index (χ1v) is 12.3. The third-order valence-corrected chi connectivity index (χ3v) is 7.18. The smallest absolute Gasteiger partial charge is 0.166 e. The molecule has 35 heavy (non-hydrogen) atoms. The van der Waals surface area contributed by atoms with Crippen LogP contribution in [0.15, 0.2) is 66.7 Å². The lowest BCUT2D eigenvalue weighted by molar-refractivity contribution is 0.365. The molecular formula is C31H29F3O. The van der Waals surface area contributed by atoms with E-state index >= 15 is 8.78 Å². The summed E-state index contributed by atoms with van der Waals surface area (Å²) in [4.78, 5) is 0. The molecule has 1 unspecified atom stereocenters. The van der Waals surface area contributed by atoms with E-state index in [1.165, 1.54) is 0 Å². The molecule has 0 bridgehead atoms. The number of hydrogen-bond acceptors (Lipinski definition) is 1. The maximum Gasteiger partial charge on any atom is 0.166 e. The summed E-state index contributed by atoms with van der Waals surface area (Å²) in [5.74, 6) is -1.45. The second kappa shape index (κ2) is 10.2. The number of rotatable bonds is 6. The van der Waals surface area contributed by atoms with Gasteiger partial charge in [-0.2, -0.15) is 0 Å². The maximum absolute atomic E-state index is 15.1. The van der Waals surface area contributed by atoms with Crippen LogP contribution in [0.5, 0.6) is 0 Å². The van der Waals surface area contributed by atoms with Crippen LogP contribution < -0.4 is 0 Å². The van der Waals surface area contributed by atoms with Crippen LogP contribution in [0.2, 0.25) is 0 Å². The molecular weight excluding hydrogens is 445 g/mol. The highest BCUT2D eigenvalue weighted by atomic mass is 19.2. The number of epoxide rings is 1. The van der Waals surface area contributed by atoms with Gasteiger partial charge in [0.25, 0.3) is 0 Å². The van der Waals surface area contributed by atoms with Crippen molar-refractivity contribution in [3.8, 4) is 11.1 Å². The minimum Gasteiger partial charge on any atom is -0.368 e. The van der Waals surface area contributed by atoms with Gasteiger partial charge in [0.15, 0.2) is 11.6 Å². The van der Waals surface area contributed by atoms with Crippen LogP contribution in [0.25, 0.3) is 23.3 Å². The number of ether oxygens (including phenoxy) is 1. The normalized spacial score (nSPS) is 22.2. The van der Waals surface area contributed by atoms with Gasteiger partial charge in [-0.25, -0.2) is 13.2 Å². The fraction of sp³-hybridized carbons (Fsp3) is 0.290. The number of halogens is 3. The number of benzene rings is 3. The fourth-order valence-corrected chi connectivity index (χ4v) is 5.05. The van der Waals surface area contributed by atoms with Crippen LogP contribution in [0.3, 0.4) is 0 Å². The van der Waals surface area contributed by atoms with Gasteiger partial charge in [0, 0.05) is 11.1 Å². The molecule has 1 heterocycles. The summed E-state index contributed by atoms with van der Waals surface area (Å²) in [5, 5.41) is 0. The van der Waals surface area contributed by atoms with E-state index in [-0.39, 0.29) is 23.4 Å². The molecule has 0 spiro atoms. The summed E-state index contributed by atoms with van der Waals surface area (Å²) < 4.78 is 49.7. The summed E-state index contributed by atoms with van der Waals surface area (Å²) in [6.07, 6.45) is 11.1. The molecule has 4 heteroatoms. The van der Waals surface area contributed by atoms with E-state index in [0.29, 0.717) is 29.2 Å². The Labute approximate surface area is 205 Å². The number of allylic oxidation sites excluding steroid dienone is 2. The van der Waals surface area contributed by atoms with Gasteiger partial charge in [0.05, 0.1) is 6.61 Å². The van der Waals surface area contributed by atoms with Crippen LogP contribution in [0.4, 0.5) is 13.2 Å². The van der Waals surface area contributed by atoms with Gasteiger partial charge >= 0.3 is 0 Å². The fourth-order valence-electron chi connectivity index (χ4n) is 5.05. The van der Waals surface area contributed by atoms with Crippen molar-refractivity contribution in [3.05, 3.63) is 106 Å². The quantitative estimate of drug-likeness (QED) is 0.325. The van der Waals surface area contributed by atoms with Crippen molar-refractivity contribution < 1.29 is 17.9 Å². The standard InChI is InChI=1S/C31H29F3O/c1-2-3-20-4-9-22(10-5-20)26-16-17-27(31(34)30(26)33)23-11-6-21(7-12-23)8-13-24-14-15-25(18-28(24)32)29-19-35-29/h2-5,8-10,13-18,21,23,29H,6-7,11-12,19H2,1H3/b3-2+,13-8+. The molecule has 3 aromatic carbocycles. The minimum absolute atomic E-state index is 0.00479. The lowest BCUT2D eigenvalue weighted by Crippen LogP contribution is -2.13. The third kappa shape index (κ3) is 5.28. The van der Waals surface area contributed by atoms with Gasteiger partial charge in [-0.3, -0.25) is 0 Å². The summed E-state index contributed by atoms with van der Waals surface area (Å²) in [6.45, 7) is 2.60. The summed E-state index contributed by atoms with van der Waals surface area (Å²) >= 11 is 0. The summed E-state index contributed by atoms with van der Waals surface area (Å²) in [5.41, 5.74) is 3.89. The van der Waals surface area contributed by atoms with Crippen LogP contribution in [-0.2, 0) is 4.74 Å². The van der Waals surface area contributed by atoms with Crippen LogP contribution in [0.1, 0.15) is 66.9 Å². The van der Waals surface area contributed by atoms with E-state index in [1.807, 2.05) is 55.5 Å². The Morgan fingerprint density at radius 1 is 0.829 bits per heavy atom. The third-order valence-electron chi connectivity index (χ3n) is 7.18. The zero-order chi connectivity index (χ0) is 24.4. The molecule has 0 radical (unpaired) electrons. The molecule has 1 saturated heterocycles. The Morgan fingerprint density at radius 3 is 2.23 bits per heavy atom. The Hall–Kier alpha value is -3.11. The van der Waals surface area contributed by atoms with Crippen molar-refractivity contribution in [3.63, 3.8) is 0 Å². The first kappa shape index (κ1) is 23.6. The van der Waals surface area contributed by atoms with E-state index in [4.69, 9.17) is 4.74 Å². The Balaban J connectivity index is 1.23. The highest BCUT2D eigenvalue weighted by molar-refractivity contribution is 5.67. The van der Waals surface area contributed by atoms with E-state index in [2.05, 4.69) is 6.08 Å². The van der Waals surface area contributed by atoms with Gasteiger partial charge in [-0.05, 0) is 72.8 Å². The molecule has 2 fully saturated rings. The molecule has 1 nitrogen and oxygen atoms in total. The Bertz CT molecular complexity index is 1250. The summed E-state index contributed by atoms with van der Waals surface area (Å²) in [6, 6.07) is 16.1. The van der Waals surface area contributed by atoms with Crippen molar-refractivity contribution in [1.29, 1.82) is 0 Å². The first-order chi connectivity index (χ1) is 17.0. The molecule has 5 rings (SSSR count). The van der Waals surface area contributed by atoms with E-state index in [0.717, 1.165) is 36.8 Å². The minimum atomic E-state index is -0.779. The SMILES string of the molecule is C/C=C/c1ccc(-c2ccc(C3CCC(/C=C/c4ccc(C5CO5)cc4F)CC3)c(F)c2F)cc1. The predicted octanol–water partition coefficient (Wildman–Crippen LogP) is 8.86. The van der Waals surface area contributed by atoms with Crippen molar-refractivity contribution in [2.45, 2.75) is 44.6 Å². The van der Waals surface area contributed by atoms with E-state index in [9.17, 15) is 4.39 Å².